The van der Waals surface area contributed by atoms with E-state index in [1.807, 2.05) is 11.9 Å². The van der Waals surface area contributed by atoms with Crippen molar-refractivity contribution in [3.8, 4) is 0 Å². The van der Waals surface area contributed by atoms with Gasteiger partial charge in [-0.2, -0.15) is 0 Å². The van der Waals surface area contributed by atoms with Crippen LogP contribution in [0.4, 0.5) is 0 Å². The number of hydrogen-bond donors (Lipinski definition) is 0. The highest BCUT2D eigenvalue weighted by Crippen LogP contribution is 2.25. The normalized spacial score (nSPS) is 17.7. The Kier molecular flexibility index (Phi) is 4.43. The predicted octanol–water partition coefficient (Wildman–Crippen LogP) is 2.68. The van der Waals surface area contributed by atoms with Gasteiger partial charge in [-0.15, -0.1) is 0 Å². The molecule has 0 heterocycles. The van der Waals surface area contributed by atoms with Gasteiger partial charge in [0.05, 0.1) is 0 Å². The van der Waals surface area contributed by atoms with Crippen molar-refractivity contribution >= 4 is 5.91 Å². The molecule has 1 saturated carbocycles. The van der Waals surface area contributed by atoms with Crippen LogP contribution in [0, 0.1) is 11.8 Å². The van der Waals surface area contributed by atoms with Gasteiger partial charge in [0.1, 0.15) is 0 Å². The maximum absolute atomic E-state index is 11.7. The maximum atomic E-state index is 11.7. The number of hydrogen-bond acceptors (Lipinski definition) is 1. The summed E-state index contributed by atoms with van der Waals surface area (Å²) in [5, 5.41) is 0. The average molecular weight is 197 g/mol. The molecule has 82 valence electrons. The summed E-state index contributed by atoms with van der Waals surface area (Å²) in [6.45, 7) is 5.17. The van der Waals surface area contributed by atoms with E-state index in [0.717, 1.165) is 12.5 Å². The number of nitrogens with zero attached hydrogens (tertiary/aromatic N) is 1. The molecule has 0 aromatic rings. The van der Waals surface area contributed by atoms with Crippen molar-refractivity contribution in [1.29, 1.82) is 0 Å². The van der Waals surface area contributed by atoms with Crippen molar-refractivity contribution in [1.82, 2.24) is 4.90 Å². The molecule has 1 aliphatic rings. The first-order chi connectivity index (χ1) is 6.59. The molecule has 1 fully saturated rings. The van der Waals surface area contributed by atoms with Crippen LogP contribution in [-0.4, -0.2) is 24.4 Å². The molecule has 1 amide bonds. The van der Waals surface area contributed by atoms with Crippen molar-refractivity contribution < 1.29 is 4.79 Å². The lowest BCUT2D eigenvalue weighted by Crippen LogP contribution is -2.31. The predicted molar refractivity (Wildman–Crippen MR) is 59.1 cm³/mol. The second kappa shape index (κ2) is 5.38. The third kappa shape index (κ3) is 3.69. The van der Waals surface area contributed by atoms with Gasteiger partial charge in [-0.05, 0) is 24.7 Å². The van der Waals surface area contributed by atoms with Crippen LogP contribution in [0.2, 0.25) is 0 Å². The Morgan fingerprint density at radius 3 is 2.43 bits per heavy atom. The van der Waals surface area contributed by atoms with Gasteiger partial charge in [0, 0.05) is 20.0 Å². The first-order valence-corrected chi connectivity index (χ1v) is 5.83. The van der Waals surface area contributed by atoms with Crippen LogP contribution in [0.5, 0.6) is 0 Å². The molecule has 2 nitrogen and oxygen atoms in total. The summed E-state index contributed by atoms with van der Waals surface area (Å²) in [6.07, 6.45) is 6.05. The first kappa shape index (κ1) is 11.5. The molecule has 0 radical (unpaired) electrons. The van der Waals surface area contributed by atoms with Gasteiger partial charge in [0.25, 0.3) is 0 Å². The highest BCUT2D eigenvalue weighted by atomic mass is 16.2. The second-order valence-electron chi connectivity index (χ2n) is 5.02. The lowest BCUT2D eigenvalue weighted by atomic mass is 10.1. The Bertz CT molecular complexity index is 183. The van der Waals surface area contributed by atoms with Crippen LogP contribution in [0.3, 0.4) is 0 Å². The molecule has 1 aliphatic carbocycles. The minimum Gasteiger partial charge on any atom is -0.345 e. The molecule has 0 bridgehead atoms. The van der Waals surface area contributed by atoms with Crippen molar-refractivity contribution in [2.75, 3.05) is 13.6 Å². The fourth-order valence-electron chi connectivity index (χ4n) is 2.19. The van der Waals surface area contributed by atoms with Gasteiger partial charge in [0.2, 0.25) is 5.91 Å². The molecule has 14 heavy (non-hydrogen) atoms. The number of carbonyl (C=O) groups excluding carboxylic acids is 1. The van der Waals surface area contributed by atoms with Crippen LogP contribution in [-0.2, 0) is 4.79 Å². The van der Waals surface area contributed by atoms with E-state index in [9.17, 15) is 4.79 Å². The molecule has 1 rings (SSSR count). The third-order valence-corrected chi connectivity index (χ3v) is 3.02. The fraction of sp³-hybridized carbons (Fsp3) is 0.917. The van der Waals surface area contributed by atoms with E-state index in [4.69, 9.17) is 0 Å². The van der Waals surface area contributed by atoms with Gasteiger partial charge in [-0.25, -0.2) is 0 Å². The van der Waals surface area contributed by atoms with E-state index < -0.39 is 0 Å². The van der Waals surface area contributed by atoms with Crippen LogP contribution in [0.15, 0.2) is 0 Å². The summed E-state index contributed by atoms with van der Waals surface area (Å²) in [7, 11) is 1.95. The second-order valence-corrected chi connectivity index (χ2v) is 5.02. The summed E-state index contributed by atoms with van der Waals surface area (Å²) in [5.74, 6) is 1.57. The Morgan fingerprint density at radius 2 is 1.93 bits per heavy atom. The van der Waals surface area contributed by atoms with Gasteiger partial charge in [-0.1, -0.05) is 26.7 Å². The van der Waals surface area contributed by atoms with Crippen LogP contribution < -0.4 is 0 Å². The van der Waals surface area contributed by atoms with Crippen molar-refractivity contribution in [2.24, 2.45) is 11.8 Å². The molecule has 0 spiro atoms. The largest absolute Gasteiger partial charge is 0.345 e. The molecule has 0 N–H and O–H groups in total. The first-order valence-electron chi connectivity index (χ1n) is 5.83. The molecular formula is C12H23NO. The van der Waals surface area contributed by atoms with Gasteiger partial charge >= 0.3 is 0 Å². The van der Waals surface area contributed by atoms with Crippen molar-refractivity contribution in [3.05, 3.63) is 0 Å². The summed E-state index contributed by atoms with van der Waals surface area (Å²) in [5.41, 5.74) is 0. The standard InChI is InChI=1S/C12H23NO/c1-10(2)8-12(14)13(3)9-11-6-4-5-7-11/h10-11H,4-9H2,1-3H3. The lowest BCUT2D eigenvalue weighted by molar-refractivity contribution is -0.131. The van der Waals surface area contributed by atoms with E-state index in [-0.39, 0.29) is 0 Å². The molecule has 2 heteroatoms. The Balaban J connectivity index is 2.25. The van der Waals surface area contributed by atoms with Crippen molar-refractivity contribution in [2.45, 2.75) is 46.0 Å². The zero-order valence-corrected chi connectivity index (χ0v) is 9.75. The minimum atomic E-state index is 0.312. The highest BCUT2D eigenvalue weighted by molar-refractivity contribution is 5.76. The molecule has 0 saturated heterocycles. The Labute approximate surface area is 87.7 Å². The van der Waals surface area contributed by atoms with E-state index in [2.05, 4.69) is 13.8 Å². The zero-order valence-electron chi connectivity index (χ0n) is 9.75. The number of amides is 1. The summed E-state index contributed by atoms with van der Waals surface area (Å²) in [6, 6.07) is 0. The number of carbonyl (C=O) groups is 1. The summed E-state index contributed by atoms with van der Waals surface area (Å²) >= 11 is 0. The van der Waals surface area contributed by atoms with Gasteiger partial charge < -0.3 is 4.90 Å². The Morgan fingerprint density at radius 1 is 1.36 bits per heavy atom. The average Bonchev–Trinajstić information content (AvgIpc) is 2.55. The summed E-state index contributed by atoms with van der Waals surface area (Å²) < 4.78 is 0. The van der Waals surface area contributed by atoms with Crippen LogP contribution in [0.1, 0.15) is 46.0 Å². The number of rotatable bonds is 4. The molecular weight excluding hydrogens is 174 g/mol. The zero-order chi connectivity index (χ0) is 10.6. The maximum Gasteiger partial charge on any atom is 0.222 e. The van der Waals surface area contributed by atoms with E-state index >= 15 is 0 Å². The van der Waals surface area contributed by atoms with Crippen molar-refractivity contribution in [3.63, 3.8) is 0 Å². The smallest absolute Gasteiger partial charge is 0.222 e. The fourth-order valence-corrected chi connectivity index (χ4v) is 2.19. The monoisotopic (exact) mass is 197 g/mol. The topological polar surface area (TPSA) is 20.3 Å². The van der Waals surface area contributed by atoms with E-state index in [1.54, 1.807) is 0 Å². The van der Waals surface area contributed by atoms with Crippen LogP contribution in [0.25, 0.3) is 0 Å². The molecule has 0 unspecified atom stereocenters. The highest BCUT2D eigenvalue weighted by Gasteiger charge is 2.19. The quantitative estimate of drug-likeness (QED) is 0.678. The van der Waals surface area contributed by atoms with E-state index in [1.165, 1.54) is 25.7 Å². The van der Waals surface area contributed by atoms with E-state index in [0.29, 0.717) is 18.2 Å². The molecule has 0 atom stereocenters. The molecule has 0 aliphatic heterocycles. The SMILES string of the molecule is CC(C)CC(=O)N(C)CC1CCCC1. The summed E-state index contributed by atoms with van der Waals surface area (Å²) in [4.78, 5) is 13.6. The molecule has 0 aromatic carbocycles. The minimum absolute atomic E-state index is 0.312. The Hall–Kier alpha value is -0.530. The van der Waals surface area contributed by atoms with Gasteiger partial charge in [-0.3, -0.25) is 4.79 Å². The lowest BCUT2D eigenvalue weighted by Gasteiger charge is -2.21. The molecule has 0 aromatic heterocycles. The van der Waals surface area contributed by atoms with Gasteiger partial charge in [0.15, 0.2) is 0 Å². The third-order valence-electron chi connectivity index (χ3n) is 3.02. The van der Waals surface area contributed by atoms with Crippen LogP contribution >= 0.6 is 0 Å².